The normalized spacial score (nSPS) is 20.6. The van der Waals surface area contributed by atoms with E-state index in [2.05, 4.69) is 15.3 Å². The van der Waals surface area contributed by atoms with E-state index in [-0.39, 0.29) is 24.0 Å². The lowest BCUT2D eigenvalue weighted by Crippen LogP contribution is -2.41. The van der Waals surface area contributed by atoms with E-state index in [1.54, 1.807) is 19.4 Å². The fourth-order valence-electron chi connectivity index (χ4n) is 3.45. The third-order valence-corrected chi connectivity index (χ3v) is 5.64. The molecule has 8 heteroatoms. The average molecular weight is 372 g/mol. The Balaban J connectivity index is 1.62. The lowest BCUT2D eigenvalue weighted by molar-refractivity contribution is 0.0234. The summed E-state index contributed by atoms with van der Waals surface area (Å²) in [5.74, 6) is 0.532. The number of aryl methyl sites for hydroxylation is 1. The van der Waals surface area contributed by atoms with Crippen molar-refractivity contribution in [1.29, 1.82) is 0 Å². The zero-order chi connectivity index (χ0) is 18.3. The van der Waals surface area contributed by atoms with Gasteiger partial charge in [-0.3, -0.25) is 9.20 Å². The summed E-state index contributed by atoms with van der Waals surface area (Å²) in [5.41, 5.74) is 2.15. The van der Waals surface area contributed by atoms with Crippen molar-refractivity contribution in [3.63, 3.8) is 0 Å². The van der Waals surface area contributed by atoms with Crippen LogP contribution in [0.2, 0.25) is 0 Å². The zero-order valence-corrected chi connectivity index (χ0v) is 15.4. The molecule has 2 N–H and O–H groups in total. The second kappa shape index (κ2) is 6.69. The molecular formula is C18H20N4O3S. The number of pyridine rings is 1. The molecule has 3 heterocycles. The molecule has 4 rings (SSSR count). The minimum absolute atomic E-state index is 0.171. The molecule has 136 valence electrons. The third kappa shape index (κ3) is 2.95. The molecule has 0 radical (unpaired) electrons. The van der Waals surface area contributed by atoms with Crippen molar-refractivity contribution >= 4 is 22.2 Å². The Labute approximate surface area is 154 Å². The number of aromatic nitrogens is 3. The predicted molar refractivity (Wildman–Crippen MR) is 97.5 cm³/mol. The van der Waals surface area contributed by atoms with Gasteiger partial charge in [0.15, 0.2) is 4.96 Å². The summed E-state index contributed by atoms with van der Waals surface area (Å²) in [7, 11) is 1.57. The van der Waals surface area contributed by atoms with Crippen molar-refractivity contribution in [3.8, 4) is 5.88 Å². The Morgan fingerprint density at radius 3 is 2.92 bits per heavy atom. The maximum absolute atomic E-state index is 13.0. The molecule has 1 aliphatic carbocycles. The van der Waals surface area contributed by atoms with Crippen molar-refractivity contribution in [2.75, 3.05) is 7.11 Å². The highest BCUT2D eigenvalue weighted by atomic mass is 32.1. The first-order valence-corrected chi connectivity index (χ1v) is 9.35. The number of aliphatic hydroxyl groups excluding tert-OH is 1. The standard InChI is InChI=1S/C18H20N4O3S/c1-10-16(22-5-6-26-18(22)20-10)17(24)21-15(12-7-13(23)8-12)11-3-4-14(25-2)19-9-11/h3-6,9,12-13,15,23H,7-8H2,1-2H3,(H,21,24). The van der Waals surface area contributed by atoms with Gasteiger partial charge in [-0.05, 0) is 31.2 Å². The molecule has 1 saturated carbocycles. The Hall–Kier alpha value is -2.45. The van der Waals surface area contributed by atoms with Gasteiger partial charge in [-0.15, -0.1) is 11.3 Å². The molecule has 1 aliphatic rings. The number of amides is 1. The van der Waals surface area contributed by atoms with Crippen LogP contribution >= 0.6 is 11.3 Å². The van der Waals surface area contributed by atoms with Gasteiger partial charge in [0.2, 0.25) is 5.88 Å². The highest BCUT2D eigenvalue weighted by Crippen LogP contribution is 2.38. The highest BCUT2D eigenvalue weighted by molar-refractivity contribution is 7.15. The number of nitrogens with zero attached hydrogens (tertiary/aromatic N) is 3. The fraction of sp³-hybridized carbons (Fsp3) is 0.389. The topological polar surface area (TPSA) is 88.8 Å². The first kappa shape index (κ1) is 17.0. The molecule has 1 unspecified atom stereocenters. The SMILES string of the molecule is COc1ccc(C(NC(=O)c2c(C)nc3sccn23)C2CC(O)C2)cn1. The number of rotatable bonds is 5. The van der Waals surface area contributed by atoms with Crippen LogP contribution in [-0.2, 0) is 0 Å². The van der Waals surface area contributed by atoms with Crippen molar-refractivity contribution in [1.82, 2.24) is 19.7 Å². The van der Waals surface area contributed by atoms with E-state index in [4.69, 9.17) is 4.74 Å². The number of nitrogens with one attached hydrogen (secondary N) is 1. The molecule has 0 aliphatic heterocycles. The first-order valence-electron chi connectivity index (χ1n) is 8.48. The van der Waals surface area contributed by atoms with E-state index in [0.29, 0.717) is 30.1 Å². The maximum atomic E-state index is 13.0. The average Bonchev–Trinajstić information content (AvgIpc) is 3.17. The van der Waals surface area contributed by atoms with Crippen LogP contribution in [-0.4, -0.2) is 38.6 Å². The smallest absolute Gasteiger partial charge is 0.270 e. The molecule has 0 saturated heterocycles. The molecule has 1 atom stereocenters. The van der Waals surface area contributed by atoms with Crippen LogP contribution in [0.4, 0.5) is 0 Å². The zero-order valence-electron chi connectivity index (χ0n) is 14.5. The van der Waals surface area contributed by atoms with Gasteiger partial charge in [-0.2, -0.15) is 0 Å². The summed E-state index contributed by atoms with van der Waals surface area (Å²) in [6.45, 7) is 1.84. The van der Waals surface area contributed by atoms with Crippen LogP contribution in [0, 0.1) is 12.8 Å². The van der Waals surface area contributed by atoms with Crippen LogP contribution in [0.5, 0.6) is 5.88 Å². The number of hydrogen-bond donors (Lipinski definition) is 2. The van der Waals surface area contributed by atoms with Gasteiger partial charge >= 0.3 is 0 Å². The number of thiazole rings is 1. The number of aliphatic hydroxyl groups is 1. The van der Waals surface area contributed by atoms with E-state index in [0.717, 1.165) is 10.5 Å². The minimum Gasteiger partial charge on any atom is -0.481 e. The summed E-state index contributed by atoms with van der Waals surface area (Å²) in [5, 5.41) is 14.8. The van der Waals surface area contributed by atoms with Gasteiger partial charge in [0.25, 0.3) is 5.91 Å². The van der Waals surface area contributed by atoms with Gasteiger partial charge in [-0.1, -0.05) is 6.07 Å². The predicted octanol–water partition coefficient (Wildman–Crippen LogP) is 2.35. The molecule has 26 heavy (non-hydrogen) atoms. The molecule has 3 aromatic rings. The Morgan fingerprint density at radius 1 is 1.46 bits per heavy atom. The second-order valence-corrected chi connectivity index (χ2v) is 7.44. The molecule has 0 bridgehead atoms. The quantitative estimate of drug-likeness (QED) is 0.718. The molecule has 1 amide bonds. The van der Waals surface area contributed by atoms with Crippen LogP contribution in [0.25, 0.3) is 4.96 Å². The maximum Gasteiger partial charge on any atom is 0.270 e. The van der Waals surface area contributed by atoms with Crippen molar-refractivity contribution in [2.24, 2.45) is 5.92 Å². The number of methoxy groups -OCH3 is 1. The molecule has 7 nitrogen and oxygen atoms in total. The lowest BCUT2D eigenvalue weighted by Gasteiger charge is -2.38. The van der Waals surface area contributed by atoms with Gasteiger partial charge in [0, 0.05) is 23.8 Å². The number of fused-ring (bicyclic) bond motifs is 1. The van der Waals surface area contributed by atoms with E-state index in [9.17, 15) is 9.90 Å². The van der Waals surface area contributed by atoms with Crippen LogP contribution in [0.1, 0.15) is 40.6 Å². The summed E-state index contributed by atoms with van der Waals surface area (Å²) >= 11 is 1.50. The monoisotopic (exact) mass is 372 g/mol. The van der Waals surface area contributed by atoms with E-state index in [1.807, 2.05) is 29.0 Å². The summed E-state index contributed by atoms with van der Waals surface area (Å²) in [6, 6.07) is 3.48. The first-order chi connectivity index (χ1) is 12.6. The van der Waals surface area contributed by atoms with Gasteiger partial charge < -0.3 is 15.2 Å². The number of ether oxygens (including phenoxy) is 1. The van der Waals surface area contributed by atoms with Crippen LogP contribution in [0.15, 0.2) is 29.9 Å². The number of hydrogen-bond acceptors (Lipinski definition) is 6. The molecule has 0 spiro atoms. The number of carbonyl (C=O) groups is 1. The summed E-state index contributed by atoms with van der Waals surface area (Å²) in [6.07, 6.45) is 4.60. The van der Waals surface area contributed by atoms with Gasteiger partial charge in [-0.25, -0.2) is 9.97 Å². The Morgan fingerprint density at radius 2 is 2.27 bits per heavy atom. The molecule has 1 fully saturated rings. The van der Waals surface area contributed by atoms with Crippen molar-refractivity contribution in [2.45, 2.75) is 31.9 Å². The third-order valence-electron chi connectivity index (χ3n) is 4.89. The highest BCUT2D eigenvalue weighted by Gasteiger charge is 2.36. The second-order valence-electron chi connectivity index (χ2n) is 6.57. The minimum atomic E-state index is -0.300. The lowest BCUT2D eigenvalue weighted by atomic mass is 9.75. The van der Waals surface area contributed by atoms with E-state index < -0.39 is 0 Å². The molecule has 3 aromatic heterocycles. The number of imidazole rings is 1. The molecular weight excluding hydrogens is 352 g/mol. The summed E-state index contributed by atoms with van der Waals surface area (Å²) < 4.78 is 6.93. The van der Waals surface area contributed by atoms with Crippen molar-refractivity contribution in [3.05, 3.63) is 46.9 Å². The van der Waals surface area contributed by atoms with E-state index in [1.165, 1.54) is 11.3 Å². The summed E-state index contributed by atoms with van der Waals surface area (Å²) in [4.78, 5) is 22.5. The van der Waals surface area contributed by atoms with Gasteiger partial charge in [0.05, 0.1) is 24.9 Å². The largest absolute Gasteiger partial charge is 0.481 e. The molecule has 0 aromatic carbocycles. The van der Waals surface area contributed by atoms with E-state index >= 15 is 0 Å². The van der Waals surface area contributed by atoms with Crippen LogP contribution in [0.3, 0.4) is 0 Å². The Bertz CT molecular complexity index is 928. The number of carbonyl (C=O) groups excluding carboxylic acids is 1. The van der Waals surface area contributed by atoms with Gasteiger partial charge in [0.1, 0.15) is 5.69 Å². The Kier molecular flexibility index (Phi) is 4.37. The van der Waals surface area contributed by atoms with Crippen molar-refractivity contribution < 1.29 is 14.6 Å². The fourth-order valence-corrected chi connectivity index (χ4v) is 4.21. The van der Waals surface area contributed by atoms with Crippen LogP contribution < -0.4 is 10.1 Å².